The van der Waals surface area contributed by atoms with Crippen LogP contribution >= 0.6 is 0 Å². The fourth-order valence-corrected chi connectivity index (χ4v) is 12.3. The van der Waals surface area contributed by atoms with E-state index in [0.717, 1.165) is 24.8 Å². The molecule has 0 bridgehead atoms. The minimum atomic E-state index is -1.51. The highest BCUT2D eigenvalue weighted by Crippen LogP contribution is 2.76. The number of ether oxygens (including phenoxy) is 3. The van der Waals surface area contributed by atoms with E-state index in [1.807, 2.05) is 13.8 Å². The molecule has 0 aromatic heterocycles. The summed E-state index contributed by atoms with van der Waals surface area (Å²) in [7, 11) is 1.40. The fourth-order valence-electron chi connectivity index (χ4n) is 12.3. The lowest BCUT2D eigenvalue weighted by Gasteiger charge is -2.71. The monoisotopic (exact) mass is 664 g/mol. The number of aliphatic hydroxyl groups excluding tert-OH is 5. The van der Waals surface area contributed by atoms with Crippen molar-refractivity contribution in [1.82, 2.24) is 0 Å². The number of carboxylic acid groups (broad SMARTS) is 1. The summed E-state index contributed by atoms with van der Waals surface area (Å²) in [5, 5.41) is 64.3. The molecule has 0 unspecified atom stereocenters. The first-order valence-electron chi connectivity index (χ1n) is 17.5. The van der Waals surface area contributed by atoms with Crippen molar-refractivity contribution in [2.75, 3.05) is 20.3 Å². The van der Waals surface area contributed by atoms with Crippen molar-refractivity contribution in [3.63, 3.8) is 0 Å². The number of aliphatic hydroxyl groups is 5. The van der Waals surface area contributed by atoms with Gasteiger partial charge in [0.15, 0.2) is 6.29 Å². The van der Waals surface area contributed by atoms with E-state index in [-0.39, 0.29) is 47.8 Å². The molecule has 5 aliphatic carbocycles. The zero-order chi connectivity index (χ0) is 34.5. The molecule has 0 radical (unpaired) electrons. The third-order valence-corrected chi connectivity index (χ3v) is 15.3. The van der Waals surface area contributed by atoms with Gasteiger partial charge < -0.3 is 44.8 Å². The molecule has 0 spiro atoms. The predicted molar refractivity (Wildman–Crippen MR) is 168 cm³/mol. The van der Waals surface area contributed by atoms with Crippen LogP contribution in [-0.2, 0) is 23.8 Å². The summed E-state index contributed by atoms with van der Waals surface area (Å²) in [6.07, 6.45) is 0.204. The molecule has 1 aliphatic heterocycles. The standard InChI is InChI=1S/C36H56O11/c1-31(30(44)45-6)11-13-36(29(42)43)14-12-34(4)19(20(36)15-31)7-8-24-32(2)16-21(38)27(47-28-26(41)25(40)22(39)17-46-28)33(3,18-37)23(32)9-10-35(24,34)5/h7,20-28,37-41H,8-18H2,1-6H3,(H,42,43)/t20-,21-,22+,23+,24-,25+,26+,27-,28+,31-,32-,33-,34+,35-,36-/m0/s1. The van der Waals surface area contributed by atoms with E-state index in [0.29, 0.717) is 38.5 Å². The van der Waals surface area contributed by atoms with Gasteiger partial charge in [-0.25, -0.2) is 0 Å². The van der Waals surface area contributed by atoms with Gasteiger partial charge in [-0.15, -0.1) is 0 Å². The Morgan fingerprint density at radius 3 is 2.23 bits per heavy atom. The van der Waals surface area contributed by atoms with Crippen LogP contribution in [0.1, 0.15) is 92.4 Å². The first kappa shape index (κ1) is 35.2. The second kappa shape index (κ2) is 11.5. The van der Waals surface area contributed by atoms with Crippen molar-refractivity contribution in [2.45, 2.75) is 129 Å². The van der Waals surface area contributed by atoms with Crippen LogP contribution in [0.3, 0.4) is 0 Å². The Hall–Kier alpha value is -1.60. The molecule has 1 heterocycles. The van der Waals surface area contributed by atoms with Gasteiger partial charge in [0.05, 0.1) is 43.4 Å². The molecule has 47 heavy (non-hydrogen) atoms. The molecular weight excluding hydrogens is 608 g/mol. The molecular formula is C36H56O11. The summed E-state index contributed by atoms with van der Waals surface area (Å²) in [6, 6.07) is 0. The number of fused-ring (bicyclic) bond motifs is 7. The van der Waals surface area contributed by atoms with Crippen LogP contribution in [0, 0.1) is 50.2 Å². The smallest absolute Gasteiger partial charge is 0.311 e. The average Bonchev–Trinajstić information content (AvgIpc) is 3.02. The van der Waals surface area contributed by atoms with E-state index < -0.39 is 64.4 Å². The molecule has 15 atom stereocenters. The summed E-state index contributed by atoms with van der Waals surface area (Å²) in [6.45, 7) is 10.2. The maximum absolute atomic E-state index is 13.1. The molecule has 11 heteroatoms. The summed E-state index contributed by atoms with van der Waals surface area (Å²) in [5.41, 5.74) is -2.39. The number of aliphatic carboxylic acids is 1. The van der Waals surface area contributed by atoms with Crippen molar-refractivity contribution in [1.29, 1.82) is 0 Å². The van der Waals surface area contributed by atoms with Crippen LogP contribution in [-0.4, -0.2) is 99.7 Å². The minimum absolute atomic E-state index is 0.0553. The van der Waals surface area contributed by atoms with Crippen LogP contribution < -0.4 is 0 Å². The molecule has 1 saturated heterocycles. The van der Waals surface area contributed by atoms with Gasteiger partial charge in [0.25, 0.3) is 0 Å². The third kappa shape index (κ3) is 4.69. The SMILES string of the molecule is COC(=O)[C@@]1(C)CC[C@]2(C(=O)O)CC[C@]3(C)C(=CC[C@H]4[C@@]5(C)C[C@H](O)[C@H](O[C@H]6OC[C@@H](O)[C@@H](O)[C@H]6O)[C@@](C)(CO)[C@@H]5CC[C@@]43C)[C@@H]2C1. The second-order valence-corrected chi connectivity index (χ2v) is 17.3. The van der Waals surface area contributed by atoms with Crippen LogP contribution in [0.25, 0.3) is 0 Å². The van der Waals surface area contributed by atoms with Crippen molar-refractivity contribution >= 4 is 11.9 Å². The molecule has 11 nitrogen and oxygen atoms in total. The highest BCUT2D eigenvalue weighted by molar-refractivity contribution is 5.80. The summed E-state index contributed by atoms with van der Waals surface area (Å²) >= 11 is 0. The van der Waals surface area contributed by atoms with Crippen molar-refractivity contribution in [3.05, 3.63) is 11.6 Å². The minimum Gasteiger partial charge on any atom is -0.481 e. The number of hydrogen-bond acceptors (Lipinski definition) is 10. The van der Waals surface area contributed by atoms with Gasteiger partial charge in [0.2, 0.25) is 0 Å². The highest BCUT2D eigenvalue weighted by atomic mass is 16.7. The molecule has 0 aromatic rings. The van der Waals surface area contributed by atoms with E-state index >= 15 is 0 Å². The molecule has 6 rings (SSSR count). The maximum atomic E-state index is 13.1. The number of carboxylic acids is 1. The Morgan fingerprint density at radius 1 is 0.915 bits per heavy atom. The first-order chi connectivity index (χ1) is 21.9. The summed E-state index contributed by atoms with van der Waals surface area (Å²) in [4.78, 5) is 26.1. The Kier molecular flexibility index (Phi) is 8.60. The molecule has 0 aromatic carbocycles. The Morgan fingerprint density at radius 2 is 1.60 bits per heavy atom. The Bertz CT molecular complexity index is 1300. The number of esters is 1. The number of carbonyl (C=O) groups is 2. The van der Waals surface area contributed by atoms with Gasteiger partial charge in [-0.3, -0.25) is 9.59 Å². The molecule has 0 amide bonds. The van der Waals surface area contributed by atoms with Gasteiger partial charge in [-0.2, -0.15) is 0 Å². The van der Waals surface area contributed by atoms with Gasteiger partial charge in [-0.1, -0.05) is 39.3 Å². The lowest BCUT2D eigenvalue weighted by Crippen LogP contribution is -2.69. The first-order valence-corrected chi connectivity index (χ1v) is 17.5. The quantitative estimate of drug-likeness (QED) is 0.144. The Balaban J connectivity index is 1.35. The van der Waals surface area contributed by atoms with Gasteiger partial charge in [0, 0.05) is 5.41 Å². The number of rotatable bonds is 5. The van der Waals surface area contributed by atoms with Gasteiger partial charge in [0.1, 0.15) is 18.3 Å². The van der Waals surface area contributed by atoms with E-state index in [1.54, 1.807) is 0 Å². The van der Waals surface area contributed by atoms with Crippen LogP contribution in [0.5, 0.6) is 0 Å². The van der Waals surface area contributed by atoms with E-state index in [2.05, 4.69) is 26.8 Å². The van der Waals surface area contributed by atoms with Crippen molar-refractivity contribution < 1.29 is 54.4 Å². The zero-order valence-electron chi connectivity index (χ0n) is 28.8. The Labute approximate surface area is 277 Å². The van der Waals surface area contributed by atoms with Crippen LogP contribution in [0.15, 0.2) is 11.6 Å². The predicted octanol–water partition coefficient (Wildman–Crippen LogP) is 2.79. The largest absolute Gasteiger partial charge is 0.481 e. The number of hydrogen-bond donors (Lipinski definition) is 6. The zero-order valence-corrected chi connectivity index (χ0v) is 28.8. The summed E-state index contributed by atoms with van der Waals surface area (Å²) in [5.74, 6) is -1.29. The highest BCUT2D eigenvalue weighted by Gasteiger charge is 2.71. The normalized spacial score (nSPS) is 54.2. The van der Waals surface area contributed by atoms with Crippen LogP contribution in [0.2, 0.25) is 0 Å². The van der Waals surface area contributed by atoms with Crippen molar-refractivity contribution in [3.8, 4) is 0 Å². The van der Waals surface area contributed by atoms with Gasteiger partial charge >= 0.3 is 11.9 Å². The van der Waals surface area contributed by atoms with E-state index in [1.165, 1.54) is 7.11 Å². The lowest BCUT2D eigenvalue weighted by molar-refractivity contribution is -0.328. The molecule has 4 saturated carbocycles. The third-order valence-electron chi connectivity index (χ3n) is 15.3. The van der Waals surface area contributed by atoms with E-state index in [9.17, 15) is 40.2 Å². The number of allylic oxidation sites excluding steroid dienone is 2. The van der Waals surface area contributed by atoms with Crippen molar-refractivity contribution in [2.24, 2.45) is 50.2 Å². The number of carbonyl (C=O) groups excluding carboxylic acids is 1. The van der Waals surface area contributed by atoms with Crippen LogP contribution in [0.4, 0.5) is 0 Å². The van der Waals surface area contributed by atoms with E-state index in [4.69, 9.17) is 14.2 Å². The average molecular weight is 665 g/mol. The summed E-state index contributed by atoms with van der Waals surface area (Å²) < 4.78 is 17.0. The molecule has 266 valence electrons. The van der Waals surface area contributed by atoms with Gasteiger partial charge in [-0.05, 0) is 98.7 Å². The maximum Gasteiger partial charge on any atom is 0.311 e. The number of methoxy groups -OCH3 is 1. The lowest BCUT2D eigenvalue weighted by atomic mass is 9.33. The fraction of sp³-hybridized carbons (Fsp3) is 0.889. The topological polar surface area (TPSA) is 183 Å². The molecule has 6 aliphatic rings. The second-order valence-electron chi connectivity index (χ2n) is 17.3. The molecule has 6 N–H and O–H groups in total. The molecule has 5 fully saturated rings.